The summed E-state index contributed by atoms with van der Waals surface area (Å²) in [6.07, 6.45) is 3.80. The number of aromatic nitrogens is 4. The summed E-state index contributed by atoms with van der Waals surface area (Å²) in [6.45, 7) is 0. The highest BCUT2D eigenvalue weighted by Gasteiger charge is 2.17. The molecule has 8 heteroatoms. The van der Waals surface area contributed by atoms with Gasteiger partial charge in [-0.15, -0.1) is 10.2 Å². The van der Waals surface area contributed by atoms with Gasteiger partial charge in [0.1, 0.15) is 5.75 Å². The molecule has 0 fully saturated rings. The number of anilines is 1. The van der Waals surface area contributed by atoms with Gasteiger partial charge in [0.15, 0.2) is 5.16 Å². The second-order valence-electron chi connectivity index (χ2n) is 6.11. The first-order valence-electron chi connectivity index (χ1n) is 8.95. The van der Waals surface area contributed by atoms with E-state index in [1.807, 2.05) is 88.3 Å². The van der Waals surface area contributed by atoms with Crippen LogP contribution >= 0.6 is 11.8 Å². The minimum Gasteiger partial charge on any atom is -0.497 e. The third kappa shape index (κ3) is 4.33. The van der Waals surface area contributed by atoms with Crippen molar-refractivity contribution in [1.82, 2.24) is 19.3 Å². The molecule has 0 radical (unpaired) electrons. The minimum atomic E-state index is -0.107. The minimum absolute atomic E-state index is 0.107. The number of ether oxygens (including phenoxy) is 1. The van der Waals surface area contributed by atoms with Crippen molar-refractivity contribution in [3.8, 4) is 17.4 Å². The Morgan fingerprint density at radius 1 is 1.03 bits per heavy atom. The van der Waals surface area contributed by atoms with Crippen LogP contribution in [0.15, 0.2) is 84.3 Å². The highest BCUT2D eigenvalue weighted by atomic mass is 32.2. The zero-order valence-electron chi connectivity index (χ0n) is 15.7. The molecule has 1 amide bonds. The number of amides is 1. The molecule has 1 N–H and O–H groups in total. The standard InChI is InChI=1S/C21H19N5O2S/c1-28-18-11-7-10-17(14-18)26-20(25-12-5-6-13-25)23-24-21(26)29-15-19(27)22-16-8-3-2-4-9-16/h2-14H,15H2,1H3,(H,22,27). The summed E-state index contributed by atoms with van der Waals surface area (Å²) in [5.74, 6) is 1.47. The smallest absolute Gasteiger partial charge is 0.240 e. The lowest BCUT2D eigenvalue weighted by Gasteiger charge is -2.12. The van der Waals surface area contributed by atoms with Gasteiger partial charge in [-0.1, -0.05) is 36.0 Å². The molecule has 0 aliphatic carbocycles. The van der Waals surface area contributed by atoms with Crippen LogP contribution in [0.25, 0.3) is 11.6 Å². The predicted octanol–water partition coefficient (Wildman–Crippen LogP) is 3.80. The number of rotatable bonds is 7. The fraction of sp³-hybridized carbons (Fsp3) is 0.0952. The maximum Gasteiger partial charge on any atom is 0.240 e. The van der Waals surface area contributed by atoms with Crippen LogP contribution in [0.2, 0.25) is 0 Å². The molecule has 7 nitrogen and oxygen atoms in total. The van der Waals surface area contributed by atoms with Crippen molar-refractivity contribution >= 4 is 23.4 Å². The van der Waals surface area contributed by atoms with Crippen molar-refractivity contribution < 1.29 is 9.53 Å². The van der Waals surface area contributed by atoms with Gasteiger partial charge >= 0.3 is 0 Å². The maximum atomic E-state index is 12.4. The molecule has 29 heavy (non-hydrogen) atoms. The normalized spacial score (nSPS) is 10.7. The van der Waals surface area contributed by atoms with Gasteiger partial charge in [-0.25, -0.2) is 0 Å². The van der Waals surface area contributed by atoms with Crippen molar-refractivity contribution in [3.05, 3.63) is 79.1 Å². The Kier molecular flexibility index (Phi) is 5.62. The molecular weight excluding hydrogens is 386 g/mol. The summed E-state index contributed by atoms with van der Waals surface area (Å²) in [6, 6.07) is 20.9. The van der Waals surface area contributed by atoms with Crippen molar-refractivity contribution in [3.63, 3.8) is 0 Å². The molecule has 2 aromatic heterocycles. The topological polar surface area (TPSA) is 74.0 Å². The summed E-state index contributed by atoms with van der Waals surface area (Å²) < 4.78 is 9.14. The van der Waals surface area contributed by atoms with E-state index in [0.29, 0.717) is 11.1 Å². The second-order valence-corrected chi connectivity index (χ2v) is 7.06. The number of methoxy groups -OCH3 is 1. The largest absolute Gasteiger partial charge is 0.497 e. The van der Waals surface area contributed by atoms with E-state index in [1.165, 1.54) is 11.8 Å². The fourth-order valence-electron chi connectivity index (χ4n) is 2.81. The van der Waals surface area contributed by atoms with E-state index in [1.54, 1.807) is 7.11 Å². The van der Waals surface area contributed by atoms with Crippen molar-refractivity contribution in [1.29, 1.82) is 0 Å². The highest BCUT2D eigenvalue weighted by molar-refractivity contribution is 7.99. The van der Waals surface area contributed by atoms with Gasteiger partial charge in [0.25, 0.3) is 0 Å². The highest BCUT2D eigenvalue weighted by Crippen LogP contribution is 2.26. The fourth-order valence-corrected chi connectivity index (χ4v) is 3.56. The molecule has 0 aliphatic rings. The van der Waals surface area contributed by atoms with Crippen molar-refractivity contribution in [2.24, 2.45) is 0 Å². The van der Waals surface area contributed by atoms with E-state index in [0.717, 1.165) is 17.1 Å². The molecule has 0 atom stereocenters. The molecule has 0 unspecified atom stereocenters. The Bertz CT molecular complexity index is 1090. The van der Waals surface area contributed by atoms with Crippen LogP contribution in [0.4, 0.5) is 5.69 Å². The van der Waals surface area contributed by atoms with Gasteiger partial charge in [-0.05, 0) is 36.4 Å². The zero-order valence-corrected chi connectivity index (χ0v) is 16.5. The number of nitrogens with one attached hydrogen (secondary N) is 1. The molecule has 2 heterocycles. The number of thioether (sulfide) groups is 1. The zero-order chi connectivity index (χ0) is 20.1. The molecule has 0 bridgehead atoms. The van der Waals surface area contributed by atoms with Crippen molar-refractivity contribution in [2.75, 3.05) is 18.2 Å². The van der Waals surface area contributed by atoms with Gasteiger partial charge in [-0.3, -0.25) is 13.9 Å². The Morgan fingerprint density at radius 3 is 2.59 bits per heavy atom. The molecule has 0 saturated heterocycles. The predicted molar refractivity (Wildman–Crippen MR) is 113 cm³/mol. The molecule has 4 rings (SSSR count). The van der Waals surface area contributed by atoms with Gasteiger partial charge in [0.2, 0.25) is 11.9 Å². The summed E-state index contributed by atoms with van der Waals surface area (Å²) in [5.41, 5.74) is 1.62. The number of carbonyl (C=O) groups is 1. The average Bonchev–Trinajstić information content (AvgIpc) is 3.42. The van der Waals surface area contributed by atoms with Crippen LogP contribution < -0.4 is 10.1 Å². The quantitative estimate of drug-likeness (QED) is 0.474. The number of hydrogen-bond donors (Lipinski definition) is 1. The van der Waals surface area contributed by atoms with Crippen LogP contribution in [0.3, 0.4) is 0 Å². The summed E-state index contributed by atoms with van der Waals surface area (Å²) >= 11 is 1.32. The average molecular weight is 405 g/mol. The maximum absolute atomic E-state index is 12.4. The van der Waals surface area contributed by atoms with E-state index in [2.05, 4.69) is 15.5 Å². The molecule has 0 spiro atoms. The monoisotopic (exact) mass is 405 g/mol. The molecular formula is C21H19N5O2S. The number of hydrogen-bond acceptors (Lipinski definition) is 5. The molecule has 2 aromatic carbocycles. The SMILES string of the molecule is COc1cccc(-n2c(SCC(=O)Nc3ccccc3)nnc2-n2cccc2)c1. The lowest BCUT2D eigenvalue weighted by atomic mass is 10.3. The number of benzene rings is 2. The van der Waals surface area contributed by atoms with Crippen LogP contribution in [0.1, 0.15) is 0 Å². The Morgan fingerprint density at radius 2 is 1.83 bits per heavy atom. The van der Waals surface area contributed by atoms with E-state index < -0.39 is 0 Å². The third-order valence-electron chi connectivity index (χ3n) is 4.15. The molecule has 146 valence electrons. The number of nitrogens with zero attached hydrogens (tertiary/aromatic N) is 4. The van der Waals surface area contributed by atoms with Crippen LogP contribution in [0, 0.1) is 0 Å². The molecule has 0 aliphatic heterocycles. The lowest BCUT2D eigenvalue weighted by Crippen LogP contribution is -2.14. The van der Waals surface area contributed by atoms with Crippen LogP contribution in [0.5, 0.6) is 5.75 Å². The first-order valence-corrected chi connectivity index (χ1v) is 9.94. The summed E-state index contributed by atoms with van der Waals surface area (Å²) in [7, 11) is 1.63. The van der Waals surface area contributed by atoms with Gasteiger partial charge in [0.05, 0.1) is 18.6 Å². The third-order valence-corrected chi connectivity index (χ3v) is 5.08. The van der Waals surface area contributed by atoms with E-state index >= 15 is 0 Å². The van der Waals surface area contributed by atoms with Crippen LogP contribution in [-0.4, -0.2) is 38.1 Å². The van der Waals surface area contributed by atoms with E-state index in [4.69, 9.17) is 4.74 Å². The van der Waals surface area contributed by atoms with Gasteiger partial charge < -0.3 is 10.1 Å². The van der Waals surface area contributed by atoms with Gasteiger partial charge in [0, 0.05) is 24.1 Å². The van der Waals surface area contributed by atoms with Crippen molar-refractivity contribution in [2.45, 2.75) is 5.16 Å². The molecule has 4 aromatic rings. The Labute approximate surface area is 172 Å². The van der Waals surface area contributed by atoms with E-state index in [-0.39, 0.29) is 11.7 Å². The summed E-state index contributed by atoms with van der Waals surface area (Å²) in [4.78, 5) is 12.4. The lowest BCUT2D eigenvalue weighted by molar-refractivity contribution is -0.113. The first-order chi connectivity index (χ1) is 14.2. The Balaban J connectivity index is 1.60. The molecule has 0 saturated carbocycles. The number of para-hydroxylation sites is 1. The van der Waals surface area contributed by atoms with Crippen LogP contribution in [-0.2, 0) is 4.79 Å². The Hall–Kier alpha value is -3.52. The number of carbonyl (C=O) groups excluding carboxylic acids is 1. The summed E-state index contributed by atoms with van der Waals surface area (Å²) in [5, 5.41) is 12.1. The van der Waals surface area contributed by atoms with E-state index in [9.17, 15) is 4.79 Å². The van der Waals surface area contributed by atoms with Gasteiger partial charge in [-0.2, -0.15) is 0 Å². The first kappa shape index (κ1) is 18.8. The second kappa shape index (κ2) is 8.66.